The van der Waals surface area contributed by atoms with Crippen LogP contribution in [0.1, 0.15) is 5.56 Å². The van der Waals surface area contributed by atoms with Gasteiger partial charge >= 0.3 is 0 Å². The Labute approximate surface area is 137 Å². The van der Waals surface area contributed by atoms with Gasteiger partial charge in [0.2, 0.25) is 0 Å². The van der Waals surface area contributed by atoms with Crippen LogP contribution in [0.15, 0.2) is 48.5 Å². The second kappa shape index (κ2) is 5.77. The maximum Gasteiger partial charge on any atom is 0.161 e. The molecule has 0 radical (unpaired) electrons. The monoisotopic (exact) mass is 326 g/mol. The average molecular weight is 326 g/mol. The topological polar surface area (TPSA) is 80.9 Å². The van der Waals surface area contributed by atoms with Gasteiger partial charge in [0, 0.05) is 11.1 Å². The van der Waals surface area contributed by atoms with E-state index < -0.39 is 5.82 Å². The molecule has 4 N–H and O–H groups in total. The first-order valence-corrected chi connectivity index (χ1v) is 7.22. The zero-order valence-corrected chi connectivity index (χ0v) is 12.8. The summed E-state index contributed by atoms with van der Waals surface area (Å²) >= 11 is 0. The summed E-state index contributed by atoms with van der Waals surface area (Å²) in [6.07, 6.45) is 0. The van der Waals surface area contributed by atoms with Crippen molar-refractivity contribution in [2.24, 2.45) is 0 Å². The van der Waals surface area contributed by atoms with E-state index in [-0.39, 0.29) is 28.6 Å². The van der Waals surface area contributed by atoms with E-state index in [4.69, 9.17) is 0 Å². The van der Waals surface area contributed by atoms with Crippen LogP contribution in [0.25, 0.3) is 22.3 Å². The zero-order valence-electron chi connectivity index (χ0n) is 12.8. The molecule has 0 aliphatic carbocycles. The van der Waals surface area contributed by atoms with Crippen molar-refractivity contribution in [2.45, 2.75) is 6.92 Å². The van der Waals surface area contributed by atoms with Crippen molar-refractivity contribution in [2.75, 3.05) is 0 Å². The lowest BCUT2D eigenvalue weighted by molar-refractivity contribution is 0.401. The number of hydrogen-bond acceptors (Lipinski definition) is 4. The first-order valence-electron chi connectivity index (χ1n) is 7.22. The Morgan fingerprint density at radius 2 is 1.25 bits per heavy atom. The van der Waals surface area contributed by atoms with Crippen LogP contribution in [0, 0.1) is 12.7 Å². The summed E-state index contributed by atoms with van der Waals surface area (Å²) in [6.45, 7) is 1.59. The molecule has 0 aliphatic heterocycles. The van der Waals surface area contributed by atoms with Gasteiger partial charge in [-0.3, -0.25) is 0 Å². The lowest BCUT2D eigenvalue weighted by atomic mass is 9.96. The van der Waals surface area contributed by atoms with Gasteiger partial charge in [0.1, 0.15) is 5.82 Å². The molecule has 3 aromatic carbocycles. The molecule has 4 nitrogen and oxygen atoms in total. The van der Waals surface area contributed by atoms with Crippen molar-refractivity contribution in [1.29, 1.82) is 0 Å². The minimum absolute atomic E-state index is 0.244. The van der Waals surface area contributed by atoms with Crippen molar-refractivity contribution < 1.29 is 24.8 Å². The third-order valence-corrected chi connectivity index (χ3v) is 3.98. The van der Waals surface area contributed by atoms with Crippen LogP contribution in [0.5, 0.6) is 23.0 Å². The molecule has 0 bridgehead atoms. The molecule has 0 aromatic heterocycles. The van der Waals surface area contributed by atoms with E-state index >= 15 is 0 Å². The maximum absolute atomic E-state index is 14.6. The lowest BCUT2D eigenvalue weighted by Crippen LogP contribution is -1.90. The van der Waals surface area contributed by atoms with Crippen molar-refractivity contribution in [1.82, 2.24) is 0 Å². The van der Waals surface area contributed by atoms with E-state index in [1.54, 1.807) is 25.1 Å². The van der Waals surface area contributed by atoms with Gasteiger partial charge in [-0.1, -0.05) is 24.3 Å². The van der Waals surface area contributed by atoms with E-state index in [1.165, 1.54) is 30.3 Å². The fourth-order valence-electron chi connectivity index (χ4n) is 2.59. The predicted molar refractivity (Wildman–Crippen MR) is 88.7 cm³/mol. The molecule has 0 aliphatic rings. The van der Waals surface area contributed by atoms with Gasteiger partial charge in [-0.25, -0.2) is 4.39 Å². The highest BCUT2D eigenvalue weighted by molar-refractivity contribution is 5.76. The highest BCUT2D eigenvalue weighted by Gasteiger charge is 2.14. The van der Waals surface area contributed by atoms with Crippen molar-refractivity contribution in [3.63, 3.8) is 0 Å². The summed E-state index contributed by atoms with van der Waals surface area (Å²) in [5.41, 5.74) is 2.23. The van der Waals surface area contributed by atoms with E-state index in [9.17, 15) is 24.8 Å². The average Bonchev–Trinajstić information content (AvgIpc) is 2.56. The highest BCUT2D eigenvalue weighted by atomic mass is 19.1. The smallest absolute Gasteiger partial charge is 0.161 e. The number of rotatable bonds is 2. The van der Waals surface area contributed by atoms with Crippen molar-refractivity contribution in [3.8, 4) is 45.3 Å². The molecule has 0 fully saturated rings. The Morgan fingerprint density at radius 1 is 0.667 bits per heavy atom. The molecule has 0 unspecified atom stereocenters. The van der Waals surface area contributed by atoms with E-state index in [0.717, 1.165) is 0 Å². The molecular weight excluding hydrogens is 311 g/mol. The Balaban J connectivity index is 2.08. The number of phenols is 4. The number of hydrogen-bond donors (Lipinski definition) is 4. The Morgan fingerprint density at radius 3 is 1.92 bits per heavy atom. The summed E-state index contributed by atoms with van der Waals surface area (Å²) < 4.78 is 14.6. The van der Waals surface area contributed by atoms with Gasteiger partial charge in [-0.15, -0.1) is 0 Å². The fraction of sp³-hybridized carbons (Fsp3) is 0.0526. The minimum Gasteiger partial charge on any atom is -0.504 e. The van der Waals surface area contributed by atoms with E-state index in [2.05, 4.69) is 0 Å². The third kappa shape index (κ3) is 2.60. The molecular formula is C19H15FO4. The minimum atomic E-state index is -0.506. The first-order chi connectivity index (χ1) is 11.4. The van der Waals surface area contributed by atoms with Gasteiger partial charge < -0.3 is 20.4 Å². The molecule has 3 rings (SSSR count). The van der Waals surface area contributed by atoms with Crippen molar-refractivity contribution in [3.05, 3.63) is 59.9 Å². The summed E-state index contributed by atoms with van der Waals surface area (Å²) in [5, 5.41) is 38.2. The second-order valence-corrected chi connectivity index (χ2v) is 5.50. The number of aromatic hydroxyl groups is 4. The second-order valence-electron chi connectivity index (χ2n) is 5.50. The molecule has 0 spiro atoms. The Bertz CT molecular complexity index is 935. The van der Waals surface area contributed by atoms with E-state index in [1.807, 2.05) is 0 Å². The summed E-state index contributed by atoms with van der Waals surface area (Å²) in [7, 11) is 0. The Hall–Kier alpha value is -3.21. The highest BCUT2D eigenvalue weighted by Crippen LogP contribution is 2.38. The van der Waals surface area contributed by atoms with Gasteiger partial charge in [-0.05, 0) is 47.9 Å². The van der Waals surface area contributed by atoms with Gasteiger partial charge in [0.25, 0.3) is 0 Å². The SMILES string of the molecule is Cc1c(-c2ccc(-c3ccc(O)c(O)c3)cc2F)ccc(O)c1O. The van der Waals surface area contributed by atoms with Gasteiger partial charge in [0.05, 0.1) is 0 Å². The standard InChI is InChI=1S/C19H15FO4/c1-10-13(5-7-17(22)19(10)24)14-4-2-11(8-15(14)20)12-3-6-16(21)18(23)9-12/h2-9,21-24H,1H3. The van der Waals surface area contributed by atoms with Crippen LogP contribution in [0.3, 0.4) is 0 Å². The van der Waals surface area contributed by atoms with Crippen LogP contribution >= 0.6 is 0 Å². The molecule has 5 heteroatoms. The molecule has 3 aromatic rings. The van der Waals surface area contributed by atoms with Gasteiger partial charge in [0.15, 0.2) is 23.0 Å². The molecule has 122 valence electrons. The molecule has 0 saturated heterocycles. The van der Waals surface area contributed by atoms with E-state index in [0.29, 0.717) is 22.3 Å². The van der Waals surface area contributed by atoms with Crippen LogP contribution < -0.4 is 0 Å². The summed E-state index contributed by atoms with van der Waals surface area (Å²) in [5.74, 6) is -1.57. The molecule has 0 amide bonds. The maximum atomic E-state index is 14.6. The predicted octanol–water partition coefficient (Wildman–Crippen LogP) is 4.29. The quantitative estimate of drug-likeness (QED) is 0.530. The number of halogens is 1. The van der Waals surface area contributed by atoms with Crippen LogP contribution in [-0.4, -0.2) is 20.4 Å². The third-order valence-electron chi connectivity index (χ3n) is 3.98. The van der Waals surface area contributed by atoms with Crippen LogP contribution in [0.2, 0.25) is 0 Å². The molecule has 0 saturated carbocycles. The fourth-order valence-corrected chi connectivity index (χ4v) is 2.59. The Kier molecular flexibility index (Phi) is 3.77. The molecule has 0 atom stereocenters. The van der Waals surface area contributed by atoms with Crippen LogP contribution in [0.4, 0.5) is 4.39 Å². The lowest BCUT2D eigenvalue weighted by Gasteiger charge is -2.12. The number of benzene rings is 3. The summed E-state index contributed by atoms with van der Waals surface area (Å²) in [6, 6.07) is 11.6. The van der Waals surface area contributed by atoms with Crippen molar-refractivity contribution >= 4 is 0 Å². The molecule has 0 heterocycles. The molecule has 24 heavy (non-hydrogen) atoms. The van der Waals surface area contributed by atoms with Crippen LogP contribution in [-0.2, 0) is 0 Å². The zero-order chi connectivity index (χ0) is 17.4. The summed E-state index contributed by atoms with van der Waals surface area (Å²) in [4.78, 5) is 0. The first kappa shape index (κ1) is 15.7. The number of phenolic OH excluding ortho intramolecular Hbond substituents is 4. The van der Waals surface area contributed by atoms with Gasteiger partial charge in [-0.2, -0.15) is 0 Å². The normalized spacial score (nSPS) is 10.8. The largest absolute Gasteiger partial charge is 0.504 e.